The molecule has 2 aliphatic rings. The summed E-state index contributed by atoms with van der Waals surface area (Å²) in [5, 5.41) is 0. The predicted molar refractivity (Wildman–Crippen MR) is 101 cm³/mol. The van der Waals surface area contributed by atoms with E-state index in [2.05, 4.69) is 4.90 Å². The number of ether oxygens (including phenoxy) is 1. The highest BCUT2D eigenvalue weighted by Crippen LogP contribution is 2.34. The molecule has 4 nitrogen and oxygen atoms in total. The van der Waals surface area contributed by atoms with Gasteiger partial charge in [-0.25, -0.2) is 0 Å². The molecular weight excluding hydrogens is 369 g/mol. The van der Waals surface area contributed by atoms with Gasteiger partial charge in [-0.1, -0.05) is 17.7 Å². The van der Waals surface area contributed by atoms with Crippen LogP contribution in [0.5, 0.6) is 0 Å². The van der Waals surface area contributed by atoms with E-state index in [1.165, 1.54) is 4.90 Å². The van der Waals surface area contributed by atoms with Crippen LogP contribution in [-0.4, -0.2) is 67.8 Å². The first-order valence-electron chi connectivity index (χ1n) is 9.87. The molecule has 0 saturated carbocycles. The van der Waals surface area contributed by atoms with Crippen molar-refractivity contribution in [3.63, 3.8) is 0 Å². The van der Waals surface area contributed by atoms with Gasteiger partial charge in [0.2, 0.25) is 5.91 Å². The highest BCUT2D eigenvalue weighted by Gasteiger charge is 2.48. The van der Waals surface area contributed by atoms with Crippen molar-refractivity contribution >= 4 is 5.91 Å². The van der Waals surface area contributed by atoms with Gasteiger partial charge in [0.1, 0.15) is 5.92 Å². The highest BCUT2D eigenvalue weighted by atomic mass is 19.4. The van der Waals surface area contributed by atoms with Crippen LogP contribution in [0.2, 0.25) is 0 Å². The third kappa shape index (κ3) is 4.87. The summed E-state index contributed by atoms with van der Waals surface area (Å²) in [6, 6.07) is 3.75. The van der Waals surface area contributed by atoms with Gasteiger partial charge < -0.3 is 9.64 Å². The Morgan fingerprint density at radius 2 is 1.71 bits per heavy atom. The van der Waals surface area contributed by atoms with Gasteiger partial charge in [0.25, 0.3) is 0 Å². The van der Waals surface area contributed by atoms with E-state index in [9.17, 15) is 18.0 Å². The Morgan fingerprint density at radius 1 is 1.14 bits per heavy atom. The zero-order valence-electron chi connectivity index (χ0n) is 16.8. The standard InChI is InChI=1S/C21H29F3N2O2/c1-14-8-15(2)18(16(3)9-14)10-19(21(22,23)24)20(27)26-12-17(13-26)11-25-4-6-28-7-5-25/h8-9,17,19H,4-7,10-13H2,1-3H3. The Bertz CT molecular complexity index is 685. The minimum atomic E-state index is -4.55. The number of carbonyl (C=O) groups excluding carboxylic acids is 1. The van der Waals surface area contributed by atoms with Crippen LogP contribution < -0.4 is 0 Å². The fourth-order valence-electron chi connectivity index (χ4n) is 4.31. The van der Waals surface area contributed by atoms with E-state index in [0.717, 1.165) is 36.3 Å². The molecule has 0 aliphatic carbocycles. The molecule has 1 aromatic carbocycles. The summed E-state index contributed by atoms with van der Waals surface area (Å²) < 4.78 is 46.5. The zero-order valence-corrected chi connectivity index (χ0v) is 16.8. The summed E-state index contributed by atoms with van der Waals surface area (Å²) in [7, 11) is 0. The molecular formula is C21H29F3N2O2. The number of hydrogen-bond donors (Lipinski definition) is 0. The van der Waals surface area contributed by atoms with Gasteiger partial charge >= 0.3 is 6.18 Å². The van der Waals surface area contributed by atoms with Crippen LogP contribution in [0, 0.1) is 32.6 Å². The van der Waals surface area contributed by atoms with Crippen LogP contribution >= 0.6 is 0 Å². The normalized spacial score (nSPS) is 20.1. The van der Waals surface area contributed by atoms with Crippen molar-refractivity contribution in [3.8, 4) is 0 Å². The van der Waals surface area contributed by atoms with Gasteiger partial charge in [0, 0.05) is 38.6 Å². The molecule has 7 heteroatoms. The molecule has 2 fully saturated rings. The monoisotopic (exact) mass is 398 g/mol. The Balaban J connectivity index is 1.64. The van der Waals surface area contributed by atoms with E-state index in [4.69, 9.17) is 4.74 Å². The number of hydrogen-bond acceptors (Lipinski definition) is 3. The lowest BCUT2D eigenvalue weighted by atomic mass is 9.88. The van der Waals surface area contributed by atoms with Crippen molar-refractivity contribution in [3.05, 3.63) is 34.4 Å². The second kappa shape index (κ2) is 8.41. The molecule has 1 atom stereocenters. The second-order valence-electron chi connectivity index (χ2n) is 8.20. The van der Waals surface area contributed by atoms with Crippen LogP contribution in [0.1, 0.15) is 22.3 Å². The Hall–Kier alpha value is -1.60. The summed E-state index contributed by atoms with van der Waals surface area (Å²) in [6.45, 7) is 10.3. The number of aryl methyl sites for hydroxylation is 3. The lowest BCUT2D eigenvalue weighted by Crippen LogP contribution is -2.57. The van der Waals surface area contributed by atoms with Crippen molar-refractivity contribution in [1.29, 1.82) is 0 Å². The molecule has 156 valence electrons. The number of nitrogens with zero attached hydrogens (tertiary/aromatic N) is 2. The number of morpholine rings is 1. The number of likely N-dealkylation sites (tertiary alicyclic amines) is 1. The minimum Gasteiger partial charge on any atom is -0.379 e. The first-order chi connectivity index (χ1) is 13.1. The molecule has 0 bridgehead atoms. The summed E-state index contributed by atoms with van der Waals surface area (Å²) in [5.41, 5.74) is 3.27. The summed E-state index contributed by atoms with van der Waals surface area (Å²) >= 11 is 0. The number of carbonyl (C=O) groups is 1. The molecule has 0 N–H and O–H groups in total. The number of rotatable bonds is 5. The molecule has 3 rings (SSSR count). The third-order valence-corrected chi connectivity index (χ3v) is 5.83. The van der Waals surface area contributed by atoms with Crippen LogP contribution in [0.3, 0.4) is 0 Å². The first kappa shape index (κ1) is 21.1. The molecule has 2 saturated heterocycles. The second-order valence-corrected chi connectivity index (χ2v) is 8.20. The average molecular weight is 398 g/mol. The Labute approximate surface area is 164 Å². The lowest BCUT2D eigenvalue weighted by molar-refractivity contribution is -0.192. The maximum atomic E-state index is 13.7. The van der Waals surface area contributed by atoms with Crippen molar-refractivity contribution in [1.82, 2.24) is 9.80 Å². The molecule has 1 aromatic rings. The predicted octanol–water partition coefficient (Wildman–Crippen LogP) is 3.12. The smallest absolute Gasteiger partial charge is 0.379 e. The molecule has 2 heterocycles. The van der Waals surface area contributed by atoms with E-state index in [1.807, 2.05) is 32.9 Å². The molecule has 1 amide bonds. The Morgan fingerprint density at radius 3 is 2.25 bits per heavy atom. The van der Waals surface area contributed by atoms with Gasteiger partial charge in [-0.05, 0) is 43.9 Å². The van der Waals surface area contributed by atoms with Gasteiger partial charge in [0.15, 0.2) is 0 Å². The maximum Gasteiger partial charge on any atom is 0.400 e. The first-order valence-corrected chi connectivity index (χ1v) is 9.87. The molecule has 0 aromatic heterocycles. The average Bonchev–Trinajstić information content (AvgIpc) is 2.56. The van der Waals surface area contributed by atoms with Crippen LogP contribution in [0.25, 0.3) is 0 Å². The number of amides is 1. The summed E-state index contributed by atoms with van der Waals surface area (Å²) in [5.74, 6) is -2.51. The fourth-order valence-corrected chi connectivity index (χ4v) is 4.31. The van der Waals surface area contributed by atoms with Gasteiger partial charge in [-0.2, -0.15) is 13.2 Å². The van der Waals surface area contributed by atoms with E-state index in [1.54, 1.807) is 0 Å². The van der Waals surface area contributed by atoms with Gasteiger partial charge in [-0.3, -0.25) is 9.69 Å². The number of benzene rings is 1. The molecule has 2 aliphatic heterocycles. The van der Waals surface area contributed by atoms with E-state index in [0.29, 0.717) is 31.9 Å². The minimum absolute atomic E-state index is 0.249. The third-order valence-electron chi connectivity index (χ3n) is 5.83. The molecule has 0 radical (unpaired) electrons. The van der Waals surface area contributed by atoms with Crippen molar-refractivity contribution < 1.29 is 22.7 Å². The SMILES string of the molecule is Cc1cc(C)c(CC(C(=O)N2CC(CN3CCOCC3)C2)C(F)(F)F)c(C)c1. The van der Waals surface area contributed by atoms with Crippen LogP contribution in [-0.2, 0) is 16.0 Å². The molecule has 28 heavy (non-hydrogen) atoms. The topological polar surface area (TPSA) is 32.8 Å². The quantitative estimate of drug-likeness (QED) is 0.764. The van der Waals surface area contributed by atoms with Crippen molar-refractivity contribution in [2.24, 2.45) is 11.8 Å². The Kier molecular flexibility index (Phi) is 6.34. The number of halogens is 3. The van der Waals surface area contributed by atoms with Crippen LogP contribution in [0.15, 0.2) is 12.1 Å². The largest absolute Gasteiger partial charge is 0.400 e. The lowest BCUT2D eigenvalue weighted by Gasteiger charge is -2.43. The van der Waals surface area contributed by atoms with Crippen molar-refractivity contribution in [2.45, 2.75) is 33.4 Å². The van der Waals surface area contributed by atoms with E-state index < -0.39 is 18.0 Å². The maximum absolute atomic E-state index is 13.7. The van der Waals surface area contributed by atoms with Gasteiger partial charge in [-0.15, -0.1) is 0 Å². The highest BCUT2D eigenvalue weighted by molar-refractivity contribution is 5.81. The summed E-state index contributed by atoms with van der Waals surface area (Å²) in [4.78, 5) is 16.3. The summed E-state index contributed by atoms with van der Waals surface area (Å²) in [6.07, 6.45) is -4.83. The fraction of sp³-hybridized carbons (Fsp3) is 0.667. The van der Waals surface area contributed by atoms with E-state index in [-0.39, 0.29) is 12.3 Å². The van der Waals surface area contributed by atoms with Gasteiger partial charge in [0.05, 0.1) is 13.2 Å². The van der Waals surface area contributed by atoms with E-state index >= 15 is 0 Å². The van der Waals surface area contributed by atoms with Crippen molar-refractivity contribution in [2.75, 3.05) is 45.9 Å². The van der Waals surface area contributed by atoms with Crippen LogP contribution in [0.4, 0.5) is 13.2 Å². The number of alkyl halides is 3. The zero-order chi connectivity index (χ0) is 20.5. The molecule has 0 spiro atoms. The molecule has 1 unspecified atom stereocenters.